The van der Waals surface area contributed by atoms with Crippen molar-refractivity contribution in [2.45, 2.75) is 0 Å². The lowest BCUT2D eigenvalue weighted by Gasteiger charge is -2.04. The minimum Gasteiger partial charge on any atom is -0.508 e. The van der Waals surface area contributed by atoms with Gasteiger partial charge in [-0.2, -0.15) is 0 Å². The first kappa shape index (κ1) is 11.9. The Kier molecular flexibility index (Phi) is 3.60. The first-order chi connectivity index (χ1) is 6.88. The minimum absolute atomic E-state index is 0.00227. The predicted octanol–water partition coefficient (Wildman–Crippen LogP) is 0.684. The molecule has 0 saturated carbocycles. The third-order valence-electron chi connectivity index (χ3n) is 1.55. The zero-order chi connectivity index (χ0) is 11.5. The molecule has 6 nitrogen and oxygen atoms in total. The number of hydrogen-bond acceptors (Lipinski definition) is 4. The zero-order valence-electron chi connectivity index (χ0n) is 7.53. The summed E-state index contributed by atoms with van der Waals surface area (Å²) in [7, 11) is -4.62. The summed E-state index contributed by atoms with van der Waals surface area (Å²) in [6.07, 6.45) is 0. The van der Waals surface area contributed by atoms with Crippen LogP contribution in [-0.2, 0) is 9.09 Å². The number of aromatic hydroxyl groups is 1. The Hall–Kier alpha value is -1.20. The van der Waals surface area contributed by atoms with Gasteiger partial charge in [-0.1, -0.05) is 0 Å². The van der Waals surface area contributed by atoms with Gasteiger partial charge in [-0.25, -0.2) is 4.57 Å². The van der Waals surface area contributed by atoms with Gasteiger partial charge in [0.25, 0.3) is 0 Å². The molecule has 82 valence electrons. The summed E-state index contributed by atoms with van der Waals surface area (Å²) >= 11 is 0. The van der Waals surface area contributed by atoms with Crippen molar-refractivity contribution in [3.63, 3.8) is 0 Å². The normalized spacial score (nSPS) is 11.3. The fourth-order valence-corrected chi connectivity index (χ4v) is 1.16. The Morgan fingerprint density at radius 1 is 1.27 bits per heavy atom. The second-order valence-corrected chi connectivity index (χ2v) is 3.97. The molecule has 0 aromatic heterocycles. The Morgan fingerprint density at radius 3 is 2.27 bits per heavy atom. The van der Waals surface area contributed by atoms with Gasteiger partial charge in [0.05, 0.1) is 0 Å². The average molecular weight is 232 g/mol. The lowest BCUT2D eigenvalue weighted by Crippen LogP contribution is -2.07. The number of hydrogen-bond donors (Lipinski definition) is 3. The molecule has 0 aliphatic rings. The molecule has 1 aromatic carbocycles. The molecule has 0 unspecified atom stereocenters. The maximum atomic E-state index is 11.3. The summed E-state index contributed by atoms with van der Waals surface area (Å²) in [6, 6.07) is 5.26. The number of carbonyl (C=O) groups is 1. The molecule has 0 aliphatic heterocycles. The van der Waals surface area contributed by atoms with E-state index in [0.29, 0.717) is 0 Å². The van der Waals surface area contributed by atoms with E-state index in [4.69, 9.17) is 14.9 Å². The maximum Gasteiger partial charge on any atom is 0.470 e. The highest BCUT2D eigenvalue weighted by molar-refractivity contribution is 7.46. The van der Waals surface area contributed by atoms with Gasteiger partial charge in [0, 0.05) is 5.56 Å². The molecular formula is C8H9O6P. The number of benzene rings is 1. The van der Waals surface area contributed by atoms with Gasteiger partial charge in [0.15, 0.2) is 5.78 Å². The standard InChI is InChI=1S/C8H9O6P/c9-7-3-1-6(2-4-7)8(10)5-14-15(11,12)13/h1-4,9H,5H2,(H2,11,12,13). The van der Waals surface area contributed by atoms with E-state index in [1.54, 1.807) is 0 Å². The first-order valence-electron chi connectivity index (χ1n) is 3.91. The van der Waals surface area contributed by atoms with Crippen molar-refractivity contribution < 1.29 is 28.8 Å². The van der Waals surface area contributed by atoms with E-state index >= 15 is 0 Å². The molecule has 15 heavy (non-hydrogen) atoms. The molecule has 0 bridgehead atoms. The summed E-state index contributed by atoms with van der Waals surface area (Å²) < 4.78 is 14.3. The van der Waals surface area contributed by atoms with Crippen molar-refractivity contribution in [1.82, 2.24) is 0 Å². The zero-order valence-corrected chi connectivity index (χ0v) is 8.42. The van der Waals surface area contributed by atoms with Crippen molar-refractivity contribution in [2.24, 2.45) is 0 Å². The van der Waals surface area contributed by atoms with Gasteiger partial charge in [-0.15, -0.1) is 0 Å². The highest BCUT2D eigenvalue weighted by Crippen LogP contribution is 2.35. The molecule has 7 heteroatoms. The fraction of sp³-hybridized carbons (Fsp3) is 0.125. The topological polar surface area (TPSA) is 104 Å². The second kappa shape index (κ2) is 4.55. The smallest absolute Gasteiger partial charge is 0.470 e. The second-order valence-electron chi connectivity index (χ2n) is 2.73. The summed E-state index contributed by atoms with van der Waals surface area (Å²) in [6.45, 7) is -0.699. The highest BCUT2D eigenvalue weighted by atomic mass is 31.2. The van der Waals surface area contributed by atoms with E-state index in [-0.39, 0.29) is 11.3 Å². The Bertz CT molecular complexity index is 392. The monoisotopic (exact) mass is 232 g/mol. The quantitative estimate of drug-likeness (QED) is 0.521. The molecule has 0 spiro atoms. The van der Waals surface area contributed by atoms with Crippen LogP contribution < -0.4 is 0 Å². The van der Waals surface area contributed by atoms with E-state index in [9.17, 15) is 9.36 Å². The average Bonchev–Trinajstić information content (AvgIpc) is 2.14. The fourth-order valence-electron chi connectivity index (χ4n) is 0.873. The van der Waals surface area contributed by atoms with Gasteiger partial charge in [-0.3, -0.25) is 9.32 Å². The maximum absolute atomic E-state index is 11.3. The SMILES string of the molecule is O=C(COP(=O)(O)O)c1ccc(O)cc1. The Labute approximate surface area is 85.4 Å². The van der Waals surface area contributed by atoms with Crippen molar-refractivity contribution in [2.75, 3.05) is 6.61 Å². The van der Waals surface area contributed by atoms with Crippen molar-refractivity contribution in [1.29, 1.82) is 0 Å². The number of phenolic OH excluding ortho intramolecular Hbond substituents is 1. The van der Waals surface area contributed by atoms with Gasteiger partial charge < -0.3 is 14.9 Å². The van der Waals surface area contributed by atoms with E-state index < -0.39 is 20.2 Å². The number of Topliss-reactive ketones (excluding diaryl/α,β-unsaturated/α-hetero) is 1. The summed E-state index contributed by atoms with van der Waals surface area (Å²) in [5.41, 5.74) is 0.209. The molecule has 0 radical (unpaired) electrons. The number of ketones is 1. The molecule has 0 heterocycles. The van der Waals surface area contributed by atoms with E-state index in [2.05, 4.69) is 4.52 Å². The molecule has 1 aromatic rings. The van der Waals surface area contributed by atoms with Gasteiger partial charge in [-0.05, 0) is 24.3 Å². The molecule has 1 rings (SSSR count). The Morgan fingerprint density at radius 2 is 1.80 bits per heavy atom. The summed E-state index contributed by atoms with van der Waals surface area (Å²) in [4.78, 5) is 28.0. The van der Waals surface area contributed by atoms with Crippen LogP contribution in [0.4, 0.5) is 0 Å². The van der Waals surface area contributed by atoms with Crippen LogP contribution in [0.15, 0.2) is 24.3 Å². The first-order valence-corrected chi connectivity index (χ1v) is 5.44. The van der Waals surface area contributed by atoms with Crippen LogP contribution in [0.1, 0.15) is 10.4 Å². The van der Waals surface area contributed by atoms with Crippen LogP contribution >= 0.6 is 7.82 Å². The molecular weight excluding hydrogens is 223 g/mol. The van der Waals surface area contributed by atoms with Crippen LogP contribution in [0.3, 0.4) is 0 Å². The molecule has 0 aliphatic carbocycles. The van der Waals surface area contributed by atoms with Crippen LogP contribution in [0.25, 0.3) is 0 Å². The van der Waals surface area contributed by atoms with Gasteiger partial charge in [0.2, 0.25) is 0 Å². The molecule has 3 N–H and O–H groups in total. The largest absolute Gasteiger partial charge is 0.508 e. The number of phosphoric ester groups is 1. The van der Waals surface area contributed by atoms with Crippen molar-refractivity contribution >= 4 is 13.6 Å². The van der Waals surface area contributed by atoms with E-state index in [1.807, 2.05) is 0 Å². The predicted molar refractivity (Wildman–Crippen MR) is 50.4 cm³/mol. The van der Waals surface area contributed by atoms with Crippen molar-refractivity contribution in [3.05, 3.63) is 29.8 Å². The molecule has 0 fully saturated rings. The van der Waals surface area contributed by atoms with E-state index in [0.717, 1.165) is 0 Å². The van der Waals surface area contributed by atoms with Crippen LogP contribution in [0.5, 0.6) is 5.75 Å². The highest BCUT2D eigenvalue weighted by Gasteiger charge is 2.17. The van der Waals surface area contributed by atoms with Crippen LogP contribution in [0, 0.1) is 0 Å². The molecule has 0 amide bonds. The molecule has 0 atom stereocenters. The number of phenols is 1. The summed E-state index contributed by atoms with van der Waals surface area (Å²) in [5, 5.41) is 8.93. The Balaban J connectivity index is 2.62. The molecule has 0 saturated heterocycles. The lowest BCUT2D eigenvalue weighted by molar-refractivity contribution is 0.0884. The minimum atomic E-state index is -4.62. The van der Waals surface area contributed by atoms with E-state index in [1.165, 1.54) is 24.3 Å². The lowest BCUT2D eigenvalue weighted by atomic mass is 10.1. The number of rotatable bonds is 4. The summed E-state index contributed by atoms with van der Waals surface area (Å²) in [5.74, 6) is -0.569. The van der Waals surface area contributed by atoms with Crippen LogP contribution in [-0.4, -0.2) is 27.3 Å². The third kappa shape index (κ3) is 4.22. The van der Waals surface area contributed by atoms with Crippen LogP contribution in [0.2, 0.25) is 0 Å². The van der Waals surface area contributed by atoms with Gasteiger partial charge >= 0.3 is 7.82 Å². The third-order valence-corrected chi connectivity index (χ3v) is 2.02. The number of phosphoric acid groups is 1. The number of carbonyl (C=O) groups excluding carboxylic acids is 1. The van der Waals surface area contributed by atoms with Gasteiger partial charge in [0.1, 0.15) is 12.4 Å². The van der Waals surface area contributed by atoms with Crippen molar-refractivity contribution in [3.8, 4) is 5.75 Å².